The quantitative estimate of drug-likeness (QED) is 0.476. The number of hydrogen-bond acceptors (Lipinski definition) is 6. The standard InChI is InChI=1S/C22H20O6/c1-4-26-16-8-6-15(7-9-16)21(24)14(3)27-22(25)20-12-18(23)17-11-13(2)5-10-19(17)28-20/h5-12,14H,4H2,1-3H3/t14-/m1/s1. The Morgan fingerprint density at radius 2 is 1.79 bits per heavy atom. The topological polar surface area (TPSA) is 82.8 Å². The second-order valence-corrected chi connectivity index (χ2v) is 6.34. The first-order chi connectivity index (χ1) is 13.4. The lowest BCUT2D eigenvalue weighted by atomic mass is 10.1. The summed E-state index contributed by atoms with van der Waals surface area (Å²) in [7, 11) is 0. The van der Waals surface area contributed by atoms with Crippen molar-refractivity contribution in [2.75, 3.05) is 6.61 Å². The molecule has 0 aliphatic heterocycles. The van der Waals surface area contributed by atoms with Crippen molar-refractivity contribution >= 4 is 22.7 Å². The zero-order valence-corrected chi connectivity index (χ0v) is 15.9. The van der Waals surface area contributed by atoms with Crippen LogP contribution in [0.3, 0.4) is 0 Å². The Morgan fingerprint density at radius 3 is 2.46 bits per heavy atom. The number of Topliss-reactive ketones (excluding diaryl/α,β-unsaturated/α-hetero) is 1. The number of hydrogen-bond donors (Lipinski definition) is 0. The van der Waals surface area contributed by atoms with Crippen LogP contribution in [0, 0.1) is 6.92 Å². The number of benzene rings is 2. The minimum Gasteiger partial charge on any atom is -0.494 e. The summed E-state index contributed by atoms with van der Waals surface area (Å²) in [5.41, 5.74) is 1.24. The van der Waals surface area contributed by atoms with E-state index in [9.17, 15) is 14.4 Å². The van der Waals surface area contributed by atoms with Crippen molar-refractivity contribution in [1.82, 2.24) is 0 Å². The lowest BCUT2D eigenvalue weighted by Crippen LogP contribution is -2.25. The summed E-state index contributed by atoms with van der Waals surface area (Å²) in [4.78, 5) is 37.1. The molecule has 6 nitrogen and oxygen atoms in total. The Labute approximate surface area is 161 Å². The second kappa shape index (κ2) is 8.08. The van der Waals surface area contributed by atoms with Gasteiger partial charge in [0.1, 0.15) is 11.3 Å². The van der Waals surface area contributed by atoms with Crippen LogP contribution in [-0.4, -0.2) is 24.5 Å². The number of esters is 1. The molecule has 0 aliphatic carbocycles. The molecular formula is C22H20O6. The van der Waals surface area contributed by atoms with E-state index >= 15 is 0 Å². The molecule has 144 valence electrons. The van der Waals surface area contributed by atoms with Crippen molar-refractivity contribution in [2.24, 2.45) is 0 Å². The van der Waals surface area contributed by atoms with E-state index in [1.165, 1.54) is 6.92 Å². The first-order valence-corrected chi connectivity index (χ1v) is 8.91. The van der Waals surface area contributed by atoms with Crippen molar-refractivity contribution in [2.45, 2.75) is 26.9 Å². The molecule has 0 saturated heterocycles. The van der Waals surface area contributed by atoms with Crippen LogP contribution >= 0.6 is 0 Å². The van der Waals surface area contributed by atoms with Crippen LogP contribution in [0.5, 0.6) is 5.75 Å². The number of rotatable bonds is 6. The van der Waals surface area contributed by atoms with Crippen LogP contribution in [0.1, 0.15) is 40.3 Å². The minimum atomic E-state index is -1.04. The molecule has 0 bridgehead atoms. The Bertz CT molecular complexity index is 1080. The summed E-state index contributed by atoms with van der Waals surface area (Å²) in [5, 5.41) is 0.384. The van der Waals surface area contributed by atoms with Gasteiger partial charge in [-0.05, 0) is 57.2 Å². The zero-order valence-electron chi connectivity index (χ0n) is 15.9. The fraction of sp³-hybridized carbons (Fsp3) is 0.227. The number of ketones is 1. The molecule has 1 aromatic heterocycles. The molecular weight excluding hydrogens is 360 g/mol. The molecule has 1 heterocycles. The molecule has 0 amide bonds. The van der Waals surface area contributed by atoms with Gasteiger partial charge in [0.2, 0.25) is 11.5 Å². The fourth-order valence-electron chi connectivity index (χ4n) is 2.76. The van der Waals surface area contributed by atoms with Gasteiger partial charge >= 0.3 is 5.97 Å². The largest absolute Gasteiger partial charge is 0.494 e. The molecule has 0 unspecified atom stereocenters. The number of carbonyl (C=O) groups excluding carboxylic acids is 2. The summed E-state index contributed by atoms with van der Waals surface area (Å²) < 4.78 is 16.0. The summed E-state index contributed by atoms with van der Waals surface area (Å²) in [6.45, 7) is 5.72. The summed E-state index contributed by atoms with van der Waals surface area (Å²) >= 11 is 0. The SMILES string of the molecule is CCOc1ccc(C(=O)[C@@H](C)OC(=O)c2cc(=O)c3cc(C)ccc3o2)cc1. The van der Waals surface area contributed by atoms with Gasteiger partial charge in [0, 0.05) is 11.6 Å². The predicted octanol–water partition coefficient (Wildman–Crippen LogP) is 3.93. The molecule has 28 heavy (non-hydrogen) atoms. The second-order valence-electron chi connectivity index (χ2n) is 6.34. The van der Waals surface area contributed by atoms with Gasteiger partial charge in [0.05, 0.1) is 12.0 Å². The van der Waals surface area contributed by atoms with E-state index in [4.69, 9.17) is 13.9 Å². The van der Waals surface area contributed by atoms with Crippen LogP contribution in [0.15, 0.2) is 57.7 Å². The van der Waals surface area contributed by atoms with Crippen molar-refractivity contribution in [1.29, 1.82) is 0 Å². The van der Waals surface area contributed by atoms with Gasteiger partial charge in [-0.25, -0.2) is 4.79 Å². The molecule has 0 saturated carbocycles. The first kappa shape index (κ1) is 19.4. The van der Waals surface area contributed by atoms with Crippen molar-refractivity contribution in [3.05, 3.63) is 75.6 Å². The van der Waals surface area contributed by atoms with Gasteiger partial charge in [0.25, 0.3) is 0 Å². The number of ether oxygens (including phenoxy) is 2. The summed E-state index contributed by atoms with van der Waals surface area (Å²) in [5.74, 6) is -0.828. The molecule has 3 aromatic rings. The van der Waals surface area contributed by atoms with Gasteiger partial charge in [-0.2, -0.15) is 0 Å². The minimum absolute atomic E-state index is 0.243. The Balaban J connectivity index is 1.76. The zero-order chi connectivity index (χ0) is 20.3. The molecule has 2 aromatic carbocycles. The highest BCUT2D eigenvalue weighted by molar-refractivity contribution is 6.01. The smallest absolute Gasteiger partial charge is 0.375 e. The fourth-order valence-corrected chi connectivity index (χ4v) is 2.76. The van der Waals surface area contributed by atoms with E-state index in [1.54, 1.807) is 42.5 Å². The molecule has 0 aliphatic rings. The molecule has 6 heteroatoms. The number of carbonyl (C=O) groups is 2. The Hall–Kier alpha value is -3.41. The van der Waals surface area contributed by atoms with Crippen molar-refractivity contribution < 1.29 is 23.5 Å². The van der Waals surface area contributed by atoms with Gasteiger partial charge in [-0.3, -0.25) is 9.59 Å². The van der Waals surface area contributed by atoms with Crippen LogP contribution in [-0.2, 0) is 4.74 Å². The van der Waals surface area contributed by atoms with Crippen LogP contribution in [0.4, 0.5) is 0 Å². The highest BCUT2D eigenvalue weighted by Crippen LogP contribution is 2.17. The van der Waals surface area contributed by atoms with Crippen LogP contribution in [0.25, 0.3) is 11.0 Å². The lowest BCUT2D eigenvalue weighted by molar-refractivity contribution is 0.0289. The highest BCUT2D eigenvalue weighted by Gasteiger charge is 2.22. The van der Waals surface area contributed by atoms with Crippen molar-refractivity contribution in [3.8, 4) is 5.75 Å². The maximum atomic E-state index is 12.5. The van der Waals surface area contributed by atoms with E-state index in [0.29, 0.717) is 23.3 Å². The van der Waals surface area contributed by atoms with Crippen LogP contribution < -0.4 is 10.2 Å². The third-order valence-electron chi connectivity index (χ3n) is 4.19. The predicted molar refractivity (Wildman–Crippen MR) is 104 cm³/mol. The first-order valence-electron chi connectivity index (χ1n) is 8.91. The molecule has 3 rings (SSSR count). The van der Waals surface area contributed by atoms with Gasteiger partial charge in [-0.15, -0.1) is 0 Å². The number of aryl methyl sites for hydroxylation is 1. The third kappa shape index (κ3) is 4.11. The van der Waals surface area contributed by atoms with E-state index in [1.807, 2.05) is 13.8 Å². The maximum Gasteiger partial charge on any atom is 0.375 e. The molecule has 0 N–H and O–H groups in total. The normalized spacial score (nSPS) is 11.8. The average molecular weight is 380 g/mol. The number of fused-ring (bicyclic) bond motifs is 1. The van der Waals surface area contributed by atoms with Crippen LogP contribution in [0.2, 0.25) is 0 Å². The van der Waals surface area contributed by atoms with Gasteiger partial charge < -0.3 is 13.9 Å². The molecule has 1 atom stereocenters. The van der Waals surface area contributed by atoms with E-state index < -0.39 is 12.1 Å². The molecule has 0 fully saturated rings. The third-order valence-corrected chi connectivity index (χ3v) is 4.19. The summed E-state index contributed by atoms with van der Waals surface area (Å²) in [6, 6.07) is 12.7. The van der Waals surface area contributed by atoms with Gasteiger partial charge in [0.15, 0.2) is 11.5 Å². The monoisotopic (exact) mass is 380 g/mol. The Morgan fingerprint density at radius 1 is 1.07 bits per heavy atom. The van der Waals surface area contributed by atoms with Gasteiger partial charge in [-0.1, -0.05) is 11.6 Å². The van der Waals surface area contributed by atoms with E-state index in [-0.39, 0.29) is 22.6 Å². The van der Waals surface area contributed by atoms with E-state index in [2.05, 4.69) is 0 Å². The van der Waals surface area contributed by atoms with Crippen molar-refractivity contribution in [3.63, 3.8) is 0 Å². The van der Waals surface area contributed by atoms with E-state index in [0.717, 1.165) is 11.6 Å². The molecule has 0 radical (unpaired) electrons. The lowest BCUT2D eigenvalue weighted by Gasteiger charge is -2.12. The molecule has 0 spiro atoms. The summed E-state index contributed by atoms with van der Waals surface area (Å²) in [6.07, 6.45) is -1.04. The Kier molecular flexibility index (Phi) is 5.59. The highest BCUT2D eigenvalue weighted by atomic mass is 16.6. The maximum absolute atomic E-state index is 12.5. The average Bonchev–Trinajstić information content (AvgIpc) is 2.68.